The van der Waals surface area contributed by atoms with Gasteiger partial charge in [0, 0.05) is 20.2 Å². The summed E-state index contributed by atoms with van der Waals surface area (Å²) in [6, 6.07) is 0. The molecule has 0 aromatic rings. The number of rotatable bonds is 4. The normalized spacial score (nSPS) is 22.0. The number of methoxy groups -OCH3 is 1. The van der Waals surface area contributed by atoms with Crippen molar-refractivity contribution in [2.24, 2.45) is 5.41 Å². The van der Waals surface area contributed by atoms with Gasteiger partial charge in [-0.1, -0.05) is 6.92 Å². The maximum atomic E-state index is 5.38. The zero-order chi connectivity index (χ0) is 9.24. The smallest absolute Gasteiger partial charge is 0.0623 e. The SMILES string of the molecule is COC(C)(C)CCC1(C)CNC1. The van der Waals surface area contributed by atoms with Gasteiger partial charge in [0.1, 0.15) is 0 Å². The van der Waals surface area contributed by atoms with Gasteiger partial charge in [0.2, 0.25) is 0 Å². The summed E-state index contributed by atoms with van der Waals surface area (Å²) in [6.07, 6.45) is 2.42. The molecule has 0 radical (unpaired) electrons. The fourth-order valence-corrected chi connectivity index (χ4v) is 1.43. The minimum absolute atomic E-state index is 0.0542. The topological polar surface area (TPSA) is 21.3 Å². The lowest BCUT2D eigenvalue weighted by Crippen LogP contribution is -2.51. The van der Waals surface area contributed by atoms with Gasteiger partial charge in [0.05, 0.1) is 5.60 Å². The van der Waals surface area contributed by atoms with Crippen molar-refractivity contribution < 1.29 is 4.74 Å². The van der Waals surface area contributed by atoms with Crippen LogP contribution in [0.2, 0.25) is 0 Å². The fraction of sp³-hybridized carbons (Fsp3) is 1.00. The van der Waals surface area contributed by atoms with Gasteiger partial charge in [0.25, 0.3) is 0 Å². The first-order valence-corrected chi connectivity index (χ1v) is 4.73. The van der Waals surface area contributed by atoms with Gasteiger partial charge in [-0.2, -0.15) is 0 Å². The highest BCUT2D eigenvalue weighted by Gasteiger charge is 2.33. The van der Waals surface area contributed by atoms with Crippen molar-refractivity contribution in [1.82, 2.24) is 5.32 Å². The lowest BCUT2D eigenvalue weighted by molar-refractivity contribution is -0.000355. The van der Waals surface area contributed by atoms with Crippen LogP contribution in [0.4, 0.5) is 0 Å². The molecule has 0 spiro atoms. The predicted octanol–water partition coefficient (Wildman–Crippen LogP) is 1.80. The van der Waals surface area contributed by atoms with Crippen LogP contribution in [0.15, 0.2) is 0 Å². The molecule has 0 atom stereocenters. The molecule has 12 heavy (non-hydrogen) atoms. The maximum absolute atomic E-state index is 5.38. The second-order valence-corrected chi connectivity index (χ2v) is 4.88. The zero-order valence-corrected chi connectivity index (χ0v) is 8.74. The molecule has 0 aromatic carbocycles. The van der Waals surface area contributed by atoms with E-state index in [9.17, 15) is 0 Å². The first-order valence-electron chi connectivity index (χ1n) is 4.73. The van der Waals surface area contributed by atoms with E-state index < -0.39 is 0 Å². The van der Waals surface area contributed by atoms with Crippen LogP contribution in [0.25, 0.3) is 0 Å². The molecule has 0 saturated carbocycles. The molecular weight excluding hydrogens is 150 g/mol. The van der Waals surface area contributed by atoms with E-state index in [4.69, 9.17) is 4.74 Å². The van der Waals surface area contributed by atoms with Crippen LogP contribution in [0, 0.1) is 5.41 Å². The van der Waals surface area contributed by atoms with Crippen LogP contribution in [0.5, 0.6) is 0 Å². The zero-order valence-electron chi connectivity index (χ0n) is 8.74. The molecule has 1 aliphatic rings. The van der Waals surface area contributed by atoms with Crippen molar-refractivity contribution in [2.75, 3.05) is 20.2 Å². The quantitative estimate of drug-likeness (QED) is 0.696. The van der Waals surface area contributed by atoms with Crippen LogP contribution in [0.1, 0.15) is 33.6 Å². The van der Waals surface area contributed by atoms with Crippen LogP contribution < -0.4 is 5.32 Å². The molecule has 1 rings (SSSR count). The van der Waals surface area contributed by atoms with Crippen LogP contribution in [-0.4, -0.2) is 25.8 Å². The lowest BCUT2D eigenvalue weighted by Gasteiger charge is -2.41. The van der Waals surface area contributed by atoms with E-state index in [2.05, 4.69) is 26.1 Å². The van der Waals surface area contributed by atoms with Gasteiger partial charge in [-0.25, -0.2) is 0 Å². The van der Waals surface area contributed by atoms with Crippen LogP contribution >= 0.6 is 0 Å². The summed E-state index contributed by atoms with van der Waals surface area (Å²) >= 11 is 0. The van der Waals surface area contributed by atoms with Crippen molar-refractivity contribution in [3.8, 4) is 0 Å². The molecule has 0 aliphatic carbocycles. The molecular formula is C10H21NO. The summed E-state index contributed by atoms with van der Waals surface area (Å²) in [4.78, 5) is 0. The molecule has 0 bridgehead atoms. The highest BCUT2D eigenvalue weighted by atomic mass is 16.5. The Morgan fingerprint density at radius 1 is 1.42 bits per heavy atom. The Morgan fingerprint density at radius 2 is 2.00 bits per heavy atom. The molecule has 1 N–H and O–H groups in total. The van der Waals surface area contributed by atoms with Gasteiger partial charge in [-0.15, -0.1) is 0 Å². The van der Waals surface area contributed by atoms with Crippen molar-refractivity contribution in [1.29, 1.82) is 0 Å². The number of nitrogens with one attached hydrogen (secondary N) is 1. The summed E-state index contributed by atoms with van der Waals surface area (Å²) in [6.45, 7) is 9.00. The second kappa shape index (κ2) is 3.35. The van der Waals surface area contributed by atoms with E-state index in [0.29, 0.717) is 5.41 Å². The molecule has 72 valence electrons. The van der Waals surface area contributed by atoms with Crippen molar-refractivity contribution in [2.45, 2.75) is 39.2 Å². The Hall–Kier alpha value is -0.0800. The van der Waals surface area contributed by atoms with Crippen molar-refractivity contribution in [3.05, 3.63) is 0 Å². The highest BCUT2D eigenvalue weighted by molar-refractivity contribution is 4.89. The van der Waals surface area contributed by atoms with Gasteiger partial charge < -0.3 is 10.1 Å². The molecule has 2 heteroatoms. The minimum Gasteiger partial charge on any atom is -0.379 e. The van der Waals surface area contributed by atoms with E-state index in [0.717, 1.165) is 6.42 Å². The molecule has 1 aliphatic heterocycles. The summed E-state index contributed by atoms with van der Waals surface area (Å²) in [5, 5.41) is 3.32. The van der Waals surface area contributed by atoms with Gasteiger partial charge >= 0.3 is 0 Å². The van der Waals surface area contributed by atoms with Gasteiger partial charge in [0.15, 0.2) is 0 Å². The Balaban J connectivity index is 2.24. The third kappa shape index (κ3) is 2.46. The van der Waals surface area contributed by atoms with E-state index >= 15 is 0 Å². The predicted molar refractivity (Wildman–Crippen MR) is 51.3 cm³/mol. The van der Waals surface area contributed by atoms with Crippen LogP contribution in [-0.2, 0) is 4.74 Å². The third-order valence-corrected chi connectivity index (χ3v) is 2.99. The Bertz CT molecular complexity index is 138. The molecule has 0 amide bonds. The second-order valence-electron chi connectivity index (χ2n) is 4.88. The van der Waals surface area contributed by atoms with E-state index in [1.165, 1.54) is 19.5 Å². The summed E-state index contributed by atoms with van der Waals surface area (Å²) in [5.74, 6) is 0. The summed E-state index contributed by atoms with van der Waals surface area (Å²) < 4.78 is 5.38. The largest absolute Gasteiger partial charge is 0.379 e. The first kappa shape index (κ1) is 10.0. The minimum atomic E-state index is 0.0542. The summed E-state index contributed by atoms with van der Waals surface area (Å²) in [5.41, 5.74) is 0.592. The van der Waals surface area contributed by atoms with Crippen molar-refractivity contribution >= 4 is 0 Å². The number of hydrogen-bond donors (Lipinski definition) is 1. The third-order valence-electron chi connectivity index (χ3n) is 2.99. The maximum Gasteiger partial charge on any atom is 0.0623 e. The average molecular weight is 171 g/mol. The lowest BCUT2D eigenvalue weighted by atomic mass is 9.77. The van der Waals surface area contributed by atoms with E-state index in [1.54, 1.807) is 7.11 Å². The monoisotopic (exact) mass is 171 g/mol. The van der Waals surface area contributed by atoms with Crippen LogP contribution in [0.3, 0.4) is 0 Å². The number of hydrogen-bond acceptors (Lipinski definition) is 2. The van der Waals surface area contributed by atoms with Gasteiger partial charge in [-0.3, -0.25) is 0 Å². The highest BCUT2D eigenvalue weighted by Crippen LogP contribution is 2.31. The molecule has 2 nitrogen and oxygen atoms in total. The molecule has 1 saturated heterocycles. The summed E-state index contributed by atoms with van der Waals surface area (Å²) in [7, 11) is 1.79. The Labute approximate surface area is 75.7 Å². The average Bonchev–Trinajstić information content (AvgIpc) is 1.98. The number of ether oxygens (including phenoxy) is 1. The Kier molecular flexibility index (Phi) is 2.79. The molecule has 0 aromatic heterocycles. The van der Waals surface area contributed by atoms with Crippen molar-refractivity contribution in [3.63, 3.8) is 0 Å². The fourth-order valence-electron chi connectivity index (χ4n) is 1.43. The molecule has 1 heterocycles. The molecule has 1 fully saturated rings. The van der Waals surface area contributed by atoms with E-state index in [-0.39, 0.29) is 5.60 Å². The van der Waals surface area contributed by atoms with E-state index in [1.807, 2.05) is 0 Å². The molecule has 0 unspecified atom stereocenters. The Morgan fingerprint density at radius 3 is 2.33 bits per heavy atom. The van der Waals surface area contributed by atoms with Gasteiger partial charge in [-0.05, 0) is 32.1 Å². The standard InChI is InChI=1S/C10H21NO/c1-9(2,12-4)5-6-10(3)7-11-8-10/h11H,5-8H2,1-4H3. The first-order chi connectivity index (χ1) is 5.47.